The molecule has 0 aromatic rings. The van der Waals surface area contributed by atoms with Crippen molar-refractivity contribution in [2.24, 2.45) is 0 Å². The van der Waals surface area contributed by atoms with Crippen molar-refractivity contribution in [1.82, 2.24) is 10.4 Å². The maximum Gasteiger partial charge on any atom is 0.337 e. The van der Waals surface area contributed by atoms with Crippen molar-refractivity contribution in [3.8, 4) is 0 Å². The van der Waals surface area contributed by atoms with E-state index in [1.807, 2.05) is 5.48 Å². The van der Waals surface area contributed by atoms with Crippen LogP contribution in [0, 0.1) is 5.41 Å². The number of nitrogens with one attached hydrogen (secondary N) is 2. The lowest BCUT2D eigenvalue weighted by Crippen LogP contribution is -2.38. The van der Waals surface area contributed by atoms with Crippen molar-refractivity contribution in [2.45, 2.75) is 6.42 Å². The van der Waals surface area contributed by atoms with E-state index in [0.717, 1.165) is 0 Å². The molecule has 1 unspecified atom stereocenters. The molecule has 0 saturated carbocycles. The molecule has 0 fully saturated rings. The second-order valence-corrected chi connectivity index (χ2v) is 3.12. The van der Waals surface area contributed by atoms with E-state index in [2.05, 4.69) is 4.62 Å². The molecule has 0 aromatic heterocycles. The lowest BCUT2D eigenvalue weighted by Gasteiger charge is -2.18. The highest BCUT2D eigenvalue weighted by Crippen LogP contribution is 2.10. The second kappa shape index (κ2) is 6.36. The van der Waals surface area contributed by atoms with Crippen molar-refractivity contribution in [3.63, 3.8) is 0 Å². The lowest BCUT2D eigenvalue weighted by atomic mass is 10.4. The Labute approximate surface area is 80.9 Å². The molecule has 1 atom stereocenters. The van der Waals surface area contributed by atoms with Crippen LogP contribution in [-0.4, -0.2) is 40.4 Å². The van der Waals surface area contributed by atoms with Crippen LogP contribution in [0.3, 0.4) is 0 Å². The summed E-state index contributed by atoms with van der Waals surface area (Å²) in [6.07, 6.45) is -0.130. The van der Waals surface area contributed by atoms with Gasteiger partial charge in [0.15, 0.2) is 0 Å². The maximum atomic E-state index is 10.2. The third-order valence-corrected chi connectivity index (χ3v) is 1.55. The van der Waals surface area contributed by atoms with E-state index in [-0.39, 0.29) is 18.9 Å². The first-order chi connectivity index (χ1) is 6.43. The first kappa shape index (κ1) is 12.9. The number of hydrogen-bond acceptors (Lipinski definition) is 4. The number of hydrogen-bond donors (Lipinski definition) is 4. The predicted molar refractivity (Wildman–Crippen MR) is 48.1 cm³/mol. The van der Waals surface area contributed by atoms with Crippen LogP contribution in [0.4, 0.5) is 0 Å². The second-order valence-electron chi connectivity index (χ2n) is 2.38. The van der Waals surface area contributed by atoms with E-state index in [1.165, 1.54) is 11.9 Å². The van der Waals surface area contributed by atoms with Gasteiger partial charge in [0.1, 0.15) is 0 Å². The summed E-state index contributed by atoms with van der Waals surface area (Å²) in [5.41, 5.74) is 1.90. The molecule has 0 bridgehead atoms. The smallest absolute Gasteiger partial charge is 0.337 e. The monoisotopic (exact) mass is 225 g/mol. The number of hydroxylamine groups is 1. The Morgan fingerprint density at radius 3 is 2.71 bits per heavy atom. The molecule has 0 aliphatic rings. The van der Waals surface area contributed by atoms with Crippen LogP contribution < -0.4 is 5.48 Å². The fourth-order valence-corrected chi connectivity index (χ4v) is 0.729. The number of aliphatic carboxylic acids is 1. The Hall–Kier alpha value is -1.11. The number of rotatable bonds is 5. The third-order valence-electron chi connectivity index (χ3n) is 1.28. The van der Waals surface area contributed by atoms with Crippen molar-refractivity contribution in [2.75, 3.05) is 13.6 Å². The van der Waals surface area contributed by atoms with Gasteiger partial charge in [-0.1, -0.05) is 0 Å². The quantitative estimate of drug-likeness (QED) is 0.209. The zero-order chi connectivity index (χ0) is 11.1. The first-order valence-corrected chi connectivity index (χ1v) is 4.87. The average Bonchev–Trinajstić information content (AvgIpc) is 2.09. The van der Waals surface area contributed by atoms with Gasteiger partial charge in [-0.15, -0.1) is 0 Å². The predicted octanol–water partition coefficient (Wildman–Crippen LogP) is -0.769. The molecule has 14 heavy (non-hydrogen) atoms. The topological polar surface area (TPSA) is 123 Å². The van der Waals surface area contributed by atoms with Crippen LogP contribution >= 0.6 is 8.25 Å². The van der Waals surface area contributed by atoms with Crippen molar-refractivity contribution >= 4 is 20.2 Å². The zero-order valence-corrected chi connectivity index (χ0v) is 8.48. The Balaban J connectivity index is 3.76. The lowest BCUT2D eigenvalue weighted by molar-refractivity contribution is -0.137. The highest BCUT2D eigenvalue weighted by Gasteiger charge is 2.06. The third kappa shape index (κ3) is 6.41. The molecule has 0 saturated heterocycles. The molecule has 0 radical (unpaired) electrons. The molecular formula is C5H12N3O5P. The van der Waals surface area contributed by atoms with Crippen molar-refractivity contribution in [3.05, 3.63) is 0 Å². The van der Waals surface area contributed by atoms with Gasteiger partial charge in [-0.3, -0.25) is 14.8 Å². The van der Waals surface area contributed by atoms with E-state index in [4.69, 9.17) is 15.4 Å². The van der Waals surface area contributed by atoms with E-state index >= 15 is 0 Å². The molecule has 82 valence electrons. The van der Waals surface area contributed by atoms with Gasteiger partial charge in [0.05, 0.1) is 6.42 Å². The van der Waals surface area contributed by atoms with Gasteiger partial charge < -0.3 is 14.9 Å². The Morgan fingerprint density at radius 1 is 1.71 bits per heavy atom. The van der Waals surface area contributed by atoms with Crippen LogP contribution in [-0.2, 0) is 14.0 Å². The van der Waals surface area contributed by atoms with Crippen LogP contribution in [0.2, 0.25) is 0 Å². The molecule has 0 heterocycles. The van der Waals surface area contributed by atoms with Gasteiger partial charge in [-0.2, -0.15) is 4.62 Å². The van der Waals surface area contributed by atoms with Crippen molar-refractivity contribution in [1.29, 1.82) is 5.41 Å². The summed E-state index contributed by atoms with van der Waals surface area (Å²) in [4.78, 5) is 19.6. The molecule has 0 amide bonds. The number of guanidine groups is 1. The number of carboxylic acid groups (broad SMARTS) is 1. The minimum atomic E-state index is -3.14. The molecule has 0 rings (SSSR count). The normalized spacial score (nSPS) is 11.9. The molecule has 0 spiro atoms. The minimum absolute atomic E-state index is 0.108. The highest BCUT2D eigenvalue weighted by molar-refractivity contribution is 7.32. The minimum Gasteiger partial charge on any atom is -0.481 e. The Morgan fingerprint density at radius 2 is 2.29 bits per heavy atom. The average molecular weight is 225 g/mol. The number of carbonyl (C=O) groups is 1. The van der Waals surface area contributed by atoms with E-state index in [0.29, 0.717) is 0 Å². The van der Waals surface area contributed by atoms with Gasteiger partial charge in [0.2, 0.25) is 5.96 Å². The molecular weight excluding hydrogens is 213 g/mol. The maximum absolute atomic E-state index is 10.2. The van der Waals surface area contributed by atoms with Gasteiger partial charge >= 0.3 is 14.2 Å². The van der Waals surface area contributed by atoms with Crippen LogP contribution in [0.15, 0.2) is 0 Å². The fourth-order valence-electron chi connectivity index (χ4n) is 0.545. The summed E-state index contributed by atoms with van der Waals surface area (Å²) in [6.45, 7) is 0.108. The summed E-state index contributed by atoms with van der Waals surface area (Å²) in [5, 5.41) is 15.5. The van der Waals surface area contributed by atoms with Gasteiger partial charge in [0, 0.05) is 13.6 Å². The first-order valence-electron chi connectivity index (χ1n) is 3.60. The summed E-state index contributed by atoms with van der Waals surface area (Å²) in [5.74, 6) is -1.26. The van der Waals surface area contributed by atoms with Gasteiger partial charge in [-0.05, 0) is 0 Å². The zero-order valence-electron chi connectivity index (χ0n) is 7.48. The van der Waals surface area contributed by atoms with Crippen LogP contribution in [0.25, 0.3) is 0 Å². The van der Waals surface area contributed by atoms with E-state index in [9.17, 15) is 9.36 Å². The summed E-state index contributed by atoms with van der Waals surface area (Å²) < 4.78 is 14.2. The summed E-state index contributed by atoms with van der Waals surface area (Å²) in [6, 6.07) is 0. The number of carboxylic acids is 1. The summed E-state index contributed by atoms with van der Waals surface area (Å²) in [7, 11) is -1.68. The molecule has 4 N–H and O–H groups in total. The highest BCUT2D eigenvalue weighted by atomic mass is 31.1. The molecule has 0 aliphatic heterocycles. The van der Waals surface area contributed by atoms with Gasteiger partial charge in [0.25, 0.3) is 0 Å². The van der Waals surface area contributed by atoms with Crippen LogP contribution in [0.5, 0.6) is 0 Å². The van der Waals surface area contributed by atoms with E-state index in [1.54, 1.807) is 0 Å². The fraction of sp³-hybridized carbons (Fsp3) is 0.600. The van der Waals surface area contributed by atoms with E-state index < -0.39 is 14.2 Å². The Bertz CT molecular complexity index is 246. The van der Waals surface area contributed by atoms with Gasteiger partial charge in [-0.25, -0.2) is 5.48 Å². The van der Waals surface area contributed by atoms with Crippen molar-refractivity contribution < 1.29 is 24.0 Å². The standard InChI is InChI=1S/C5H12N3O5P/c1-8(3-2-4(9)10)5(6)7-13-14(11)12/h14H,2-3H2,1H3,(H2,6,7)(H,9,10)(H,11,12). The molecule has 0 aliphatic carbocycles. The largest absolute Gasteiger partial charge is 0.481 e. The molecule has 8 nitrogen and oxygen atoms in total. The summed E-state index contributed by atoms with van der Waals surface area (Å²) >= 11 is 0. The number of nitrogens with zero attached hydrogens (tertiary/aromatic N) is 1. The SMILES string of the molecule is CN(CCC(=O)O)C(=N)NO[PH](=O)O. The molecule has 0 aromatic carbocycles. The Kier molecular flexibility index (Phi) is 5.86. The van der Waals surface area contributed by atoms with Crippen LogP contribution in [0.1, 0.15) is 6.42 Å². The molecule has 9 heteroatoms.